The molecule has 8 aromatic carbocycles. The minimum Gasteiger partial charge on any atom is -0.308 e. The van der Waals surface area contributed by atoms with E-state index in [1.54, 1.807) is 0 Å². The van der Waals surface area contributed by atoms with E-state index >= 15 is 0 Å². The fourth-order valence-electron chi connectivity index (χ4n) is 8.70. The number of fused-ring (bicyclic) bond motifs is 5. The predicted octanol–water partition coefficient (Wildman–Crippen LogP) is 11.8. The zero-order chi connectivity index (χ0) is 32.5. The van der Waals surface area contributed by atoms with E-state index in [1.165, 1.54) is 70.8 Å². The van der Waals surface area contributed by atoms with Crippen molar-refractivity contribution in [1.82, 2.24) is 18.9 Å². The van der Waals surface area contributed by atoms with Crippen molar-refractivity contribution in [3.8, 4) is 28.3 Å². The third kappa shape index (κ3) is 3.30. The molecule has 12 rings (SSSR count). The molecule has 0 fully saturated rings. The lowest BCUT2D eigenvalue weighted by Gasteiger charge is -2.13. The summed E-state index contributed by atoms with van der Waals surface area (Å²) in [6, 6.07) is 56.8. The second-order valence-corrected chi connectivity index (χ2v) is 13.4. The first-order chi connectivity index (χ1) is 24.8. The maximum absolute atomic E-state index is 5.44. The molecule has 0 radical (unpaired) electrons. The second kappa shape index (κ2) is 9.43. The standard InChI is InChI=1S/C46H26N4/c1-2-9-27(10-3-1)28-17-21-31(22-18-28)44-34-13-4-6-14-35(34)47-46(48-44)50-38-25-23-30-20-19-29-11-8-16-37-40(29)41(30)42(38)43-39(50)26-24-33-32-12-5-7-15-36(32)49(37)45(33)43/h1-26H. The molecule has 0 saturated carbocycles. The molecule has 4 nitrogen and oxygen atoms in total. The average Bonchev–Trinajstić information content (AvgIpc) is 3.66. The second-order valence-electron chi connectivity index (χ2n) is 13.4. The number of rotatable bonds is 3. The highest BCUT2D eigenvalue weighted by atomic mass is 15.2. The third-order valence-electron chi connectivity index (χ3n) is 10.8. The molecule has 4 heterocycles. The number of benzene rings is 8. The van der Waals surface area contributed by atoms with Crippen LogP contribution in [0.1, 0.15) is 0 Å². The monoisotopic (exact) mass is 634 g/mol. The fourth-order valence-corrected chi connectivity index (χ4v) is 8.70. The van der Waals surface area contributed by atoms with E-state index in [1.807, 2.05) is 0 Å². The lowest BCUT2D eigenvalue weighted by atomic mass is 9.97. The van der Waals surface area contributed by atoms with Crippen LogP contribution < -0.4 is 0 Å². The zero-order valence-corrected chi connectivity index (χ0v) is 26.8. The van der Waals surface area contributed by atoms with E-state index in [2.05, 4.69) is 167 Å². The maximum atomic E-state index is 5.44. The molecule has 0 aliphatic rings. The Hall–Kier alpha value is -6.78. The molecule has 0 aliphatic heterocycles. The smallest absolute Gasteiger partial charge is 0.235 e. The van der Waals surface area contributed by atoms with E-state index in [4.69, 9.17) is 9.97 Å². The quantitative estimate of drug-likeness (QED) is 0.181. The fraction of sp³-hybridized carbons (Fsp3) is 0. The lowest BCUT2D eigenvalue weighted by molar-refractivity contribution is 1.01. The van der Waals surface area contributed by atoms with Crippen LogP contribution in [0.15, 0.2) is 158 Å². The summed E-state index contributed by atoms with van der Waals surface area (Å²) in [4.78, 5) is 10.7. The van der Waals surface area contributed by atoms with E-state index in [0.717, 1.165) is 33.2 Å². The summed E-state index contributed by atoms with van der Waals surface area (Å²) in [7, 11) is 0. The van der Waals surface area contributed by atoms with Crippen LogP contribution >= 0.6 is 0 Å². The van der Waals surface area contributed by atoms with Crippen molar-refractivity contribution in [1.29, 1.82) is 0 Å². The molecule has 0 N–H and O–H groups in total. The lowest BCUT2D eigenvalue weighted by Crippen LogP contribution is -2.03. The Morgan fingerprint density at radius 1 is 0.360 bits per heavy atom. The van der Waals surface area contributed by atoms with Crippen LogP contribution in [-0.4, -0.2) is 18.9 Å². The highest BCUT2D eigenvalue weighted by molar-refractivity contribution is 6.37. The van der Waals surface area contributed by atoms with Gasteiger partial charge in [0.25, 0.3) is 0 Å². The van der Waals surface area contributed by atoms with Crippen LogP contribution in [0.3, 0.4) is 0 Å². The van der Waals surface area contributed by atoms with E-state index in [0.29, 0.717) is 5.95 Å². The summed E-state index contributed by atoms with van der Waals surface area (Å²) in [5.74, 6) is 0.674. The molecule has 4 aromatic heterocycles. The molecule has 0 amide bonds. The minimum atomic E-state index is 0.674. The van der Waals surface area contributed by atoms with Gasteiger partial charge in [-0.2, -0.15) is 0 Å². The Morgan fingerprint density at radius 2 is 1.02 bits per heavy atom. The van der Waals surface area contributed by atoms with Crippen LogP contribution in [0.5, 0.6) is 0 Å². The van der Waals surface area contributed by atoms with Crippen LogP contribution in [0.2, 0.25) is 0 Å². The molecule has 0 atom stereocenters. The van der Waals surface area contributed by atoms with Gasteiger partial charge < -0.3 is 4.40 Å². The molecular formula is C46H26N4. The van der Waals surface area contributed by atoms with Gasteiger partial charge in [-0.3, -0.25) is 4.57 Å². The molecule has 50 heavy (non-hydrogen) atoms. The van der Waals surface area contributed by atoms with Crippen LogP contribution in [0, 0.1) is 0 Å². The first kappa shape index (κ1) is 26.2. The molecule has 0 aliphatic carbocycles. The van der Waals surface area contributed by atoms with Crippen molar-refractivity contribution in [2.24, 2.45) is 0 Å². The summed E-state index contributed by atoms with van der Waals surface area (Å²) in [6.07, 6.45) is 0. The van der Waals surface area contributed by atoms with Crippen LogP contribution in [0.25, 0.3) is 110 Å². The van der Waals surface area contributed by atoms with Gasteiger partial charge in [0.2, 0.25) is 5.95 Å². The SMILES string of the molecule is c1ccc(-c2ccc(-c3nc(-n4c5ccc6ccc7cccc8c7c6c5c5c4ccc4c6ccccc6n8c45)nc4ccccc34)cc2)cc1. The van der Waals surface area contributed by atoms with Gasteiger partial charge in [-0.1, -0.05) is 127 Å². The van der Waals surface area contributed by atoms with Crippen molar-refractivity contribution >= 4 is 81.6 Å². The average molecular weight is 635 g/mol. The summed E-state index contributed by atoms with van der Waals surface area (Å²) in [5, 5.41) is 11.1. The van der Waals surface area contributed by atoms with E-state index in [9.17, 15) is 0 Å². The van der Waals surface area contributed by atoms with E-state index < -0.39 is 0 Å². The Kier molecular flexibility index (Phi) is 4.94. The number of aromatic nitrogens is 4. The number of hydrogen-bond acceptors (Lipinski definition) is 2. The van der Waals surface area contributed by atoms with Crippen molar-refractivity contribution in [2.45, 2.75) is 0 Å². The Labute approximate surface area is 285 Å². The normalized spacial score (nSPS) is 12.4. The minimum absolute atomic E-state index is 0.674. The molecule has 0 saturated heterocycles. The summed E-state index contributed by atoms with van der Waals surface area (Å²) in [6.45, 7) is 0. The highest BCUT2D eigenvalue weighted by Crippen LogP contribution is 2.47. The largest absolute Gasteiger partial charge is 0.308 e. The molecule has 12 aromatic rings. The number of para-hydroxylation sites is 2. The summed E-state index contributed by atoms with van der Waals surface area (Å²) >= 11 is 0. The van der Waals surface area contributed by atoms with Crippen molar-refractivity contribution in [3.05, 3.63) is 158 Å². The van der Waals surface area contributed by atoms with Gasteiger partial charge in [-0.25, -0.2) is 9.97 Å². The number of nitrogens with zero attached hydrogens (tertiary/aromatic N) is 4. The van der Waals surface area contributed by atoms with Crippen LogP contribution in [-0.2, 0) is 0 Å². The highest BCUT2D eigenvalue weighted by Gasteiger charge is 2.25. The van der Waals surface area contributed by atoms with Gasteiger partial charge in [-0.05, 0) is 52.2 Å². The summed E-state index contributed by atoms with van der Waals surface area (Å²) < 4.78 is 4.80. The molecule has 0 spiro atoms. The third-order valence-corrected chi connectivity index (χ3v) is 10.8. The van der Waals surface area contributed by atoms with Gasteiger partial charge in [0.05, 0.1) is 38.8 Å². The maximum Gasteiger partial charge on any atom is 0.235 e. The van der Waals surface area contributed by atoms with Gasteiger partial charge in [0, 0.05) is 43.3 Å². The van der Waals surface area contributed by atoms with E-state index in [-0.39, 0.29) is 0 Å². The first-order valence-electron chi connectivity index (χ1n) is 17.1. The molecule has 0 bridgehead atoms. The number of hydrogen-bond donors (Lipinski definition) is 0. The van der Waals surface area contributed by atoms with Crippen molar-refractivity contribution < 1.29 is 0 Å². The van der Waals surface area contributed by atoms with Gasteiger partial charge in [0.15, 0.2) is 0 Å². The van der Waals surface area contributed by atoms with Gasteiger partial charge >= 0.3 is 0 Å². The Balaban J connectivity index is 1.23. The first-order valence-corrected chi connectivity index (χ1v) is 17.1. The van der Waals surface area contributed by atoms with Crippen molar-refractivity contribution in [3.63, 3.8) is 0 Å². The zero-order valence-electron chi connectivity index (χ0n) is 26.8. The molecule has 4 heteroatoms. The summed E-state index contributed by atoms with van der Waals surface area (Å²) in [5.41, 5.74) is 11.2. The molecule has 0 unspecified atom stereocenters. The van der Waals surface area contributed by atoms with Gasteiger partial charge in [-0.15, -0.1) is 0 Å². The molecular weight excluding hydrogens is 609 g/mol. The molecule has 230 valence electrons. The van der Waals surface area contributed by atoms with Gasteiger partial charge in [0.1, 0.15) is 0 Å². The van der Waals surface area contributed by atoms with Crippen LogP contribution in [0.4, 0.5) is 0 Å². The predicted molar refractivity (Wildman–Crippen MR) is 208 cm³/mol. The van der Waals surface area contributed by atoms with Crippen molar-refractivity contribution in [2.75, 3.05) is 0 Å². The topological polar surface area (TPSA) is 35.1 Å². The Bertz CT molecular complexity index is 3300. The Morgan fingerprint density at radius 3 is 1.90 bits per heavy atom.